The van der Waals surface area contributed by atoms with Crippen molar-refractivity contribution in [1.82, 2.24) is 9.13 Å². The van der Waals surface area contributed by atoms with Gasteiger partial charge in [0, 0.05) is 43.9 Å². The Morgan fingerprint density at radius 1 is 0.362 bits per heavy atom. The highest BCUT2D eigenvalue weighted by Gasteiger charge is 2.50. The number of benzene rings is 11. The van der Waals surface area contributed by atoms with Crippen LogP contribution in [0.1, 0.15) is 185 Å². The highest BCUT2D eigenvalue weighted by atomic mass is 16.1. The maximum atomic E-state index is 11.7. The molecule has 468 valence electrons. The molecule has 3 nitrogen and oxygen atoms in total. The maximum absolute atomic E-state index is 11.7. The maximum Gasteiger partial charge on any atom is 0.150 e. The van der Waals surface area contributed by atoms with E-state index in [0.717, 1.165) is 23.0 Å². The summed E-state index contributed by atoms with van der Waals surface area (Å²) in [5, 5.41) is 4.96. The molecule has 0 bridgehead atoms. The largest absolute Gasteiger partial charge is 0.309 e. The molecule has 0 saturated carbocycles. The van der Waals surface area contributed by atoms with E-state index in [0.29, 0.717) is 5.56 Å². The van der Waals surface area contributed by atoms with Crippen LogP contribution >= 0.6 is 0 Å². The summed E-state index contributed by atoms with van der Waals surface area (Å²) in [5.74, 6) is 0. The van der Waals surface area contributed by atoms with Crippen molar-refractivity contribution < 1.29 is 4.79 Å². The van der Waals surface area contributed by atoms with Crippen molar-refractivity contribution in [2.24, 2.45) is 0 Å². The smallest absolute Gasteiger partial charge is 0.150 e. The molecule has 0 saturated heterocycles. The van der Waals surface area contributed by atoms with Crippen LogP contribution in [0.2, 0.25) is 0 Å². The van der Waals surface area contributed by atoms with Crippen molar-refractivity contribution in [3.8, 4) is 55.9 Å². The van der Waals surface area contributed by atoms with Crippen molar-refractivity contribution in [2.45, 2.75) is 155 Å². The summed E-state index contributed by atoms with van der Waals surface area (Å²) >= 11 is 0. The first-order valence-corrected chi connectivity index (χ1v) is 35.3. The SMILES string of the molecule is CCCCCCCCC1(CCCCCCCC)c2ccccc2-c2cc3c(cc21)-c1ccccc1C3(c1ccc(-c2ccc3c(c2)c2cc(C)ccc2n3-c2ccc(C=O)cc2)cc1)c1ccc(-c2ccc3c(c2)c2cc(C)ccc2n3-c2ccc(C(C)(C)C)cc2)cc1. The molecule has 94 heavy (non-hydrogen) atoms. The topological polar surface area (TPSA) is 26.9 Å². The van der Waals surface area contributed by atoms with Gasteiger partial charge in [0.1, 0.15) is 6.29 Å². The van der Waals surface area contributed by atoms with Crippen molar-refractivity contribution >= 4 is 49.9 Å². The third-order valence-electron chi connectivity index (χ3n) is 21.8. The first-order chi connectivity index (χ1) is 45.9. The van der Waals surface area contributed by atoms with E-state index < -0.39 is 5.41 Å². The van der Waals surface area contributed by atoms with E-state index in [1.165, 1.54) is 212 Å². The van der Waals surface area contributed by atoms with E-state index in [4.69, 9.17) is 0 Å². The Kier molecular flexibility index (Phi) is 16.1. The molecule has 2 heterocycles. The first kappa shape index (κ1) is 60.9. The van der Waals surface area contributed by atoms with Crippen molar-refractivity contribution in [1.29, 1.82) is 0 Å². The van der Waals surface area contributed by atoms with E-state index in [-0.39, 0.29) is 10.8 Å². The standard InChI is InChI=1S/C91H88N2O/c1-8-10-12-14-16-22-52-90(53-23-17-15-13-11-9-2)81-26-20-18-24-73(81)75-59-84-76(58-83(75)90)74-25-19-21-27-82(74)91(84,69-38-32-64(33-39-69)66-36-50-87-79(56-66)77-54-61(3)28-48-85(77)92(87)71-44-30-63(60-94)31-45-71)70-40-34-65(35-41-70)67-37-51-88-80(57-67)78-55-62(4)29-49-86(78)93(88)72-46-42-68(43-47-72)89(5,6)7/h18-21,24-51,54-60H,8-17,22-23,52-53H2,1-7H3. The van der Waals surface area contributed by atoms with Crippen LogP contribution in [0.3, 0.4) is 0 Å². The van der Waals surface area contributed by atoms with Crippen molar-refractivity contribution in [3.63, 3.8) is 0 Å². The fourth-order valence-electron chi connectivity index (χ4n) is 16.9. The Morgan fingerprint density at radius 2 is 0.766 bits per heavy atom. The van der Waals surface area contributed by atoms with Crippen LogP contribution in [0, 0.1) is 13.8 Å². The lowest BCUT2D eigenvalue weighted by atomic mass is 9.66. The fraction of sp³-hybridized carbons (Fsp3) is 0.264. The molecule has 11 aromatic carbocycles. The molecule has 2 aromatic heterocycles. The summed E-state index contributed by atoms with van der Waals surface area (Å²) in [5.41, 5.74) is 29.5. The number of aromatic nitrogens is 2. The second-order valence-corrected chi connectivity index (χ2v) is 28.7. The summed E-state index contributed by atoms with van der Waals surface area (Å²) in [6.07, 6.45) is 18.8. The monoisotopic (exact) mass is 1220 g/mol. The molecule has 0 spiro atoms. The Labute approximate surface area is 557 Å². The molecule has 2 aliphatic carbocycles. The number of hydrogen-bond donors (Lipinski definition) is 0. The molecule has 0 aliphatic heterocycles. The summed E-state index contributed by atoms with van der Waals surface area (Å²) < 4.78 is 4.79. The number of nitrogens with zero attached hydrogens (tertiary/aromatic N) is 2. The number of carbonyl (C=O) groups is 1. The van der Waals surface area contributed by atoms with Gasteiger partial charge in [-0.3, -0.25) is 4.79 Å². The summed E-state index contributed by atoms with van der Waals surface area (Å²) in [4.78, 5) is 11.7. The average molecular weight is 1230 g/mol. The van der Waals surface area contributed by atoms with E-state index >= 15 is 0 Å². The third-order valence-corrected chi connectivity index (χ3v) is 21.8. The minimum Gasteiger partial charge on any atom is -0.309 e. The predicted octanol–water partition coefficient (Wildman–Crippen LogP) is 25.1. The second kappa shape index (κ2) is 24.9. The molecule has 2 aliphatic rings. The van der Waals surface area contributed by atoms with Gasteiger partial charge in [-0.2, -0.15) is 0 Å². The molecule has 1 unspecified atom stereocenters. The van der Waals surface area contributed by atoms with Gasteiger partial charge in [0.15, 0.2) is 0 Å². The normalized spacial score (nSPS) is 14.7. The lowest BCUT2D eigenvalue weighted by Gasteiger charge is -2.35. The number of unbranched alkanes of at least 4 members (excludes halogenated alkanes) is 10. The molecule has 0 amide bonds. The molecule has 13 aromatic rings. The van der Waals surface area contributed by atoms with Crippen LogP contribution in [-0.2, 0) is 16.2 Å². The van der Waals surface area contributed by atoms with Gasteiger partial charge in [0.05, 0.1) is 27.5 Å². The number of hydrogen-bond acceptors (Lipinski definition) is 1. The molecule has 3 heteroatoms. The number of aryl methyl sites for hydroxylation is 2. The Hall–Kier alpha value is -9.31. The van der Waals surface area contributed by atoms with Crippen LogP contribution in [0.25, 0.3) is 99.5 Å². The van der Waals surface area contributed by atoms with E-state index in [9.17, 15) is 4.79 Å². The highest BCUT2D eigenvalue weighted by Crippen LogP contribution is 2.62. The minimum absolute atomic E-state index is 0.0456. The lowest BCUT2D eigenvalue weighted by Crippen LogP contribution is -2.29. The molecule has 15 rings (SSSR count). The van der Waals surface area contributed by atoms with Crippen LogP contribution in [0.15, 0.2) is 231 Å². The number of fused-ring (bicyclic) bond motifs is 12. The van der Waals surface area contributed by atoms with Crippen LogP contribution in [-0.4, -0.2) is 15.4 Å². The molecule has 0 N–H and O–H groups in total. The van der Waals surface area contributed by atoms with Gasteiger partial charge in [0.2, 0.25) is 0 Å². The van der Waals surface area contributed by atoms with Crippen LogP contribution in [0.5, 0.6) is 0 Å². The van der Waals surface area contributed by atoms with Gasteiger partial charge in [-0.15, -0.1) is 0 Å². The molecule has 1 atom stereocenters. The Bertz CT molecular complexity index is 4970. The summed E-state index contributed by atoms with van der Waals surface area (Å²) in [6, 6.07) is 88.7. The van der Waals surface area contributed by atoms with Gasteiger partial charge in [0.25, 0.3) is 0 Å². The quantitative estimate of drug-likeness (QED) is 0.0520. The lowest BCUT2D eigenvalue weighted by molar-refractivity contribution is 0.112. The van der Waals surface area contributed by atoms with Crippen LogP contribution < -0.4 is 0 Å². The van der Waals surface area contributed by atoms with Gasteiger partial charge >= 0.3 is 0 Å². The van der Waals surface area contributed by atoms with Crippen molar-refractivity contribution in [2.75, 3.05) is 0 Å². The molecular weight excluding hydrogens is 1140 g/mol. The second-order valence-electron chi connectivity index (χ2n) is 28.7. The zero-order valence-corrected chi connectivity index (χ0v) is 56.2. The van der Waals surface area contributed by atoms with E-state index in [1.54, 1.807) is 11.1 Å². The van der Waals surface area contributed by atoms with Crippen molar-refractivity contribution in [3.05, 3.63) is 286 Å². The molecule has 0 radical (unpaired) electrons. The summed E-state index contributed by atoms with van der Waals surface area (Å²) in [7, 11) is 0. The zero-order chi connectivity index (χ0) is 64.3. The number of carbonyl (C=O) groups excluding carboxylic acids is 1. The zero-order valence-electron chi connectivity index (χ0n) is 56.2. The number of rotatable bonds is 21. The van der Waals surface area contributed by atoms with Gasteiger partial charge in [-0.25, -0.2) is 0 Å². The predicted molar refractivity (Wildman–Crippen MR) is 399 cm³/mol. The highest BCUT2D eigenvalue weighted by molar-refractivity contribution is 6.12. The third kappa shape index (κ3) is 10.4. The Balaban J connectivity index is 0.890. The first-order valence-electron chi connectivity index (χ1n) is 35.3. The van der Waals surface area contributed by atoms with Gasteiger partial charge in [-0.05, 0) is 213 Å². The van der Waals surface area contributed by atoms with Gasteiger partial charge < -0.3 is 9.13 Å². The average Bonchev–Trinajstić information content (AvgIpc) is 1.51. The van der Waals surface area contributed by atoms with E-state index in [1.807, 2.05) is 12.1 Å². The molecule has 0 fully saturated rings. The number of aldehydes is 1. The van der Waals surface area contributed by atoms with E-state index in [2.05, 4.69) is 276 Å². The van der Waals surface area contributed by atoms with Crippen LogP contribution in [0.4, 0.5) is 0 Å². The minimum atomic E-state index is -0.636. The fourth-order valence-corrected chi connectivity index (χ4v) is 16.9. The van der Waals surface area contributed by atoms with Gasteiger partial charge in [-0.1, -0.05) is 256 Å². The Morgan fingerprint density at radius 3 is 1.26 bits per heavy atom. The molecular formula is C91H88N2O. The summed E-state index contributed by atoms with van der Waals surface area (Å²) in [6.45, 7) is 15.9.